The van der Waals surface area contributed by atoms with Crippen LogP contribution in [0.25, 0.3) is 0 Å². The standard InChI is InChI=1S/C33H40ClN3O4S/c1-23-9-8-10-27(19-23)21-36(26(4)33(39)35-29-11-6-5-7-12-29)32(38)22-37(30-16-13-24(2)25(3)20-30)42(40,41)31-17-14-28(34)15-18-31/h8-10,13-20,26,29H,5-7,11-12,21-22H2,1-4H3,(H,35,39)/t26-/m0/s1. The van der Waals surface area contributed by atoms with Crippen molar-refractivity contribution in [3.8, 4) is 0 Å². The topological polar surface area (TPSA) is 86.8 Å². The third kappa shape index (κ3) is 7.72. The van der Waals surface area contributed by atoms with Crippen LogP contribution >= 0.6 is 11.6 Å². The van der Waals surface area contributed by atoms with Crippen molar-refractivity contribution >= 4 is 39.1 Å². The lowest BCUT2D eigenvalue weighted by atomic mass is 9.95. The lowest BCUT2D eigenvalue weighted by molar-refractivity contribution is -0.139. The molecule has 4 rings (SSSR count). The van der Waals surface area contributed by atoms with Gasteiger partial charge in [0.1, 0.15) is 12.6 Å². The van der Waals surface area contributed by atoms with Crippen LogP contribution in [0.15, 0.2) is 71.6 Å². The van der Waals surface area contributed by atoms with E-state index in [1.165, 1.54) is 29.2 Å². The van der Waals surface area contributed by atoms with Crippen LogP contribution in [0.4, 0.5) is 5.69 Å². The van der Waals surface area contributed by atoms with Crippen LogP contribution in [0, 0.1) is 20.8 Å². The summed E-state index contributed by atoms with van der Waals surface area (Å²) >= 11 is 6.04. The van der Waals surface area contributed by atoms with Crippen molar-refractivity contribution in [1.82, 2.24) is 10.2 Å². The van der Waals surface area contributed by atoms with Crippen molar-refractivity contribution < 1.29 is 18.0 Å². The highest BCUT2D eigenvalue weighted by atomic mass is 35.5. The fraction of sp³-hybridized carbons (Fsp3) is 0.394. The molecular weight excluding hydrogens is 570 g/mol. The summed E-state index contributed by atoms with van der Waals surface area (Å²) < 4.78 is 29.1. The Morgan fingerprint density at radius 2 is 1.62 bits per heavy atom. The summed E-state index contributed by atoms with van der Waals surface area (Å²) in [4.78, 5) is 29.1. The van der Waals surface area contributed by atoms with Crippen LogP contribution in [0.1, 0.15) is 61.3 Å². The van der Waals surface area contributed by atoms with Crippen LogP contribution < -0.4 is 9.62 Å². The maximum absolute atomic E-state index is 14.2. The molecule has 1 N–H and O–H groups in total. The first-order valence-corrected chi connectivity index (χ1v) is 16.3. The molecule has 42 heavy (non-hydrogen) atoms. The summed E-state index contributed by atoms with van der Waals surface area (Å²) in [6.07, 6.45) is 5.14. The maximum atomic E-state index is 14.2. The van der Waals surface area contributed by atoms with Crippen LogP contribution in [0.3, 0.4) is 0 Å². The molecule has 0 heterocycles. The van der Waals surface area contributed by atoms with Crippen LogP contribution in [-0.2, 0) is 26.2 Å². The van der Waals surface area contributed by atoms with E-state index in [0.29, 0.717) is 10.7 Å². The van der Waals surface area contributed by atoms with Gasteiger partial charge in [0.25, 0.3) is 10.0 Å². The number of nitrogens with zero attached hydrogens (tertiary/aromatic N) is 2. The number of sulfonamides is 1. The van der Waals surface area contributed by atoms with E-state index in [2.05, 4.69) is 5.32 Å². The van der Waals surface area contributed by atoms with E-state index in [9.17, 15) is 18.0 Å². The molecule has 1 saturated carbocycles. The smallest absolute Gasteiger partial charge is 0.264 e. The maximum Gasteiger partial charge on any atom is 0.264 e. The zero-order valence-corrected chi connectivity index (χ0v) is 26.3. The van der Waals surface area contributed by atoms with Gasteiger partial charge in [-0.1, -0.05) is 66.8 Å². The van der Waals surface area contributed by atoms with Gasteiger partial charge in [-0.25, -0.2) is 8.42 Å². The zero-order valence-electron chi connectivity index (χ0n) is 24.8. The van der Waals surface area contributed by atoms with Crippen molar-refractivity contribution in [2.75, 3.05) is 10.8 Å². The van der Waals surface area contributed by atoms with Crippen molar-refractivity contribution in [3.63, 3.8) is 0 Å². The Morgan fingerprint density at radius 1 is 0.929 bits per heavy atom. The van der Waals surface area contributed by atoms with E-state index >= 15 is 0 Å². The molecule has 9 heteroatoms. The number of hydrogen-bond donors (Lipinski definition) is 1. The van der Waals surface area contributed by atoms with Crippen LogP contribution in [0.5, 0.6) is 0 Å². The SMILES string of the molecule is Cc1cccc(CN(C(=O)CN(c2ccc(C)c(C)c2)S(=O)(=O)c2ccc(Cl)cc2)[C@@H](C)C(=O)NC2CCCCC2)c1. The molecule has 0 spiro atoms. The van der Waals surface area contributed by atoms with Crippen molar-refractivity contribution in [3.05, 3.63) is 94.0 Å². The molecule has 1 aliphatic carbocycles. The van der Waals surface area contributed by atoms with Gasteiger partial charge >= 0.3 is 0 Å². The first-order chi connectivity index (χ1) is 20.0. The highest BCUT2D eigenvalue weighted by Gasteiger charge is 2.33. The zero-order chi connectivity index (χ0) is 30.4. The van der Waals surface area contributed by atoms with Crippen molar-refractivity contribution in [2.45, 2.75) is 83.3 Å². The Morgan fingerprint density at radius 3 is 2.26 bits per heavy atom. The van der Waals surface area contributed by atoms with E-state index in [1.54, 1.807) is 19.1 Å². The van der Waals surface area contributed by atoms with Gasteiger partial charge in [0, 0.05) is 17.6 Å². The number of rotatable bonds is 10. The number of halogens is 1. The number of nitrogens with one attached hydrogen (secondary N) is 1. The van der Waals surface area contributed by atoms with Gasteiger partial charge in [-0.2, -0.15) is 0 Å². The normalized spacial score (nSPS) is 14.7. The van der Waals surface area contributed by atoms with E-state index in [4.69, 9.17) is 11.6 Å². The molecule has 1 atom stereocenters. The quantitative estimate of drug-likeness (QED) is 0.291. The Bertz CT molecular complexity index is 1520. The molecule has 0 radical (unpaired) electrons. The molecule has 0 unspecified atom stereocenters. The Labute approximate surface area is 254 Å². The second-order valence-electron chi connectivity index (χ2n) is 11.3. The van der Waals surface area contributed by atoms with Gasteiger partial charge in [0.15, 0.2) is 0 Å². The number of anilines is 1. The Balaban J connectivity index is 1.69. The predicted molar refractivity (Wildman–Crippen MR) is 168 cm³/mol. The van der Waals surface area contributed by atoms with Crippen molar-refractivity contribution in [2.24, 2.45) is 0 Å². The molecule has 224 valence electrons. The van der Waals surface area contributed by atoms with Gasteiger partial charge < -0.3 is 10.2 Å². The second-order valence-corrected chi connectivity index (χ2v) is 13.6. The molecular formula is C33H40ClN3O4S. The second kappa shape index (κ2) is 13.7. The molecule has 0 aliphatic heterocycles. The fourth-order valence-corrected chi connectivity index (χ4v) is 6.83. The summed E-state index contributed by atoms with van der Waals surface area (Å²) in [7, 11) is -4.15. The lowest BCUT2D eigenvalue weighted by Crippen LogP contribution is -2.53. The van der Waals surface area contributed by atoms with E-state index in [1.807, 2.05) is 51.1 Å². The summed E-state index contributed by atoms with van der Waals surface area (Å²) in [6, 6.07) is 18.2. The lowest BCUT2D eigenvalue weighted by Gasteiger charge is -2.33. The number of carbonyl (C=O) groups excluding carboxylic acids is 2. The summed E-state index contributed by atoms with van der Waals surface area (Å²) in [6.45, 7) is 7.21. The summed E-state index contributed by atoms with van der Waals surface area (Å²) in [5.74, 6) is -0.709. The minimum absolute atomic E-state index is 0.0197. The van der Waals surface area contributed by atoms with E-state index in [-0.39, 0.29) is 23.4 Å². The van der Waals surface area contributed by atoms with Crippen LogP contribution in [-0.4, -0.2) is 43.8 Å². The number of aryl methyl sites for hydroxylation is 3. The average molecular weight is 610 g/mol. The summed E-state index contributed by atoms with van der Waals surface area (Å²) in [5, 5.41) is 3.54. The van der Waals surface area contributed by atoms with Gasteiger partial charge in [-0.3, -0.25) is 13.9 Å². The Hall–Kier alpha value is -3.36. The average Bonchev–Trinajstić information content (AvgIpc) is 2.96. The van der Waals surface area contributed by atoms with E-state index < -0.39 is 28.5 Å². The minimum atomic E-state index is -4.15. The highest BCUT2D eigenvalue weighted by molar-refractivity contribution is 7.92. The third-order valence-electron chi connectivity index (χ3n) is 8.01. The molecule has 0 saturated heterocycles. The molecule has 3 aromatic carbocycles. The number of benzene rings is 3. The molecule has 0 bridgehead atoms. The van der Waals surface area contributed by atoms with E-state index in [0.717, 1.165) is 58.7 Å². The highest BCUT2D eigenvalue weighted by Crippen LogP contribution is 2.27. The first-order valence-electron chi connectivity index (χ1n) is 14.5. The molecule has 2 amide bonds. The van der Waals surface area contributed by atoms with Gasteiger partial charge in [-0.15, -0.1) is 0 Å². The monoisotopic (exact) mass is 609 g/mol. The molecule has 0 aromatic heterocycles. The number of carbonyl (C=O) groups is 2. The van der Waals surface area contributed by atoms with Gasteiger partial charge in [-0.05, 0) is 93.6 Å². The van der Waals surface area contributed by atoms with Crippen molar-refractivity contribution in [1.29, 1.82) is 0 Å². The predicted octanol–water partition coefficient (Wildman–Crippen LogP) is 6.33. The first kappa shape index (κ1) is 31.6. The molecule has 7 nitrogen and oxygen atoms in total. The molecule has 3 aromatic rings. The van der Waals surface area contributed by atoms with Gasteiger partial charge in [0.2, 0.25) is 11.8 Å². The molecule has 1 aliphatic rings. The number of hydrogen-bond acceptors (Lipinski definition) is 4. The largest absolute Gasteiger partial charge is 0.352 e. The molecule has 1 fully saturated rings. The Kier molecular flexibility index (Phi) is 10.3. The fourth-order valence-electron chi connectivity index (χ4n) is 5.30. The van der Waals surface area contributed by atoms with Gasteiger partial charge in [0.05, 0.1) is 10.6 Å². The summed E-state index contributed by atoms with van der Waals surface area (Å²) in [5.41, 5.74) is 4.16. The van der Waals surface area contributed by atoms with Crippen LogP contribution in [0.2, 0.25) is 5.02 Å². The number of amides is 2. The minimum Gasteiger partial charge on any atom is -0.352 e. The third-order valence-corrected chi connectivity index (χ3v) is 10.1.